The van der Waals surface area contributed by atoms with E-state index in [2.05, 4.69) is 28.7 Å². The summed E-state index contributed by atoms with van der Waals surface area (Å²) in [6.07, 6.45) is 3.25. The average Bonchev–Trinajstić information content (AvgIpc) is 3.44. The highest BCUT2D eigenvalue weighted by atomic mass is 32.1. The lowest BCUT2D eigenvalue weighted by atomic mass is 9.77. The number of methoxy groups -OCH3 is 1. The summed E-state index contributed by atoms with van der Waals surface area (Å²) in [7, 11) is 1.64. The van der Waals surface area contributed by atoms with Gasteiger partial charge in [-0.25, -0.2) is 14.5 Å². The van der Waals surface area contributed by atoms with Crippen LogP contribution in [0.25, 0.3) is 16.2 Å². The molecule has 2 aliphatic rings. The Labute approximate surface area is 179 Å². The highest BCUT2D eigenvalue weighted by molar-refractivity contribution is 7.20. The van der Waals surface area contributed by atoms with Gasteiger partial charge in [0.2, 0.25) is 16.0 Å². The number of pyridine rings is 1. The van der Waals surface area contributed by atoms with Gasteiger partial charge >= 0.3 is 0 Å². The van der Waals surface area contributed by atoms with Crippen LogP contribution in [-0.4, -0.2) is 57.0 Å². The van der Waals surface area contributed by atoms with Gasteiger partial charge in [-0.15, -0.1) is 5.10 Å². The minimum atomic E-state index is -0.389. The lowest BCUT2D eigenvalue weighted by Crippen LogP contribution is -2.48. The quantitative estimate of drug-likeness (QED) is 0.658. The Kier molecular flexibility index (Phi) is 4.91. The zero-order chi connectivity index (χ0) is 21.0. The Morgan fingerprint density at radius 2 is 2.10 bits per heavy atom. The molecule has 0 aromatic carbocycles. The van der Waals surface area contributed by atoms with Crippen molar-refractivity contribution < 1.29 is 9.84 Å². The van der Waals surface area contributed by atoms with E-state index < -0.39 is 0 Å². The zero-order valence-corrected chi connectivity index (χ0v) is 18.3. The van der Waals surface area contributed by atoms with Crippen molar-refractivity contribution in [3.05, 3.63) is 24.0 Å². The van der Waals surface area contributed by atoms with Crippen LogP contribution in [0.3, 0.4) is 0 Å². The zero-order valence-electron chi connectivity index (χ0n) is 17.5. The number of fused-ring (bicyclic) bond motifs is 2. The van der Waals surface area contributed by atoms with Crippen LogP contribution in [0.15, 0.2) is 18.3 Å². The standard InChI is InChI=1S/C21H28N6O2S/c1-11(2)15-6-5-13(19(24-15)29-3)16-8-23-20-27(16)25-21(30-20)26-9-12-4-7-17(28)18(22)14(12)10-26/h5-6,8,11-12,14,17-18,28H,4,7,9-10,22H2,1-3H3/t12-,14+,17-,18+/m1/s1. The number of hydrogen-bond donors (Lipinski definition) is 2. The molecule has 3 aromatic rings. The number of nitrogens with two attached hydrogens (primary N) is 1. The molecule has 0 spiro atoms. The molecule has 0 radical (unpaired) electrons. The maximum Gasteiger partial charge on any atom is 0.222 e. The third kappa shape index (κ3) is 3.16. The first-order valence-corrected chi connectivity index (χ1v) is 11.4. The van der Waals surface area contributed by atoms with Gasteiger partial charge in [-0.05, 0) is 42.7 Å². The number of aromatic nitrogens is 4. The maximum atomic E-state index is 10.1. The van der Waals surface area contributed by atoms with E-state index in [1.807, 2.05) is 22.8 Å². The molecule has 1 aliphatic carbocycles. The molecule has 2 fully saturated rings. The lowest BCUT2D eigenvalue weighted by molar-refractivity contribution is 0.0625. The Bertz CT molecular complexity index is 1060. The molecule has 160 valence electrons. The van der Waals surface area contributed by atoms with E-state index in [4.69, 9.17) is 15.6 Å². The number of ether oxygens (including phenoxy) is 1. The molecular formula is C21H28N6O2S. The molecule has 1 saturated heterocycles. The van der Waals surface area contributed by atoms with E-state index in [-0.39, 0.29) is 12.1 Å². The number of anilines is 1. The van der Waals surface area contributed by atoms with Gasteiger partial charge in [-0.1, -0.05) is 25.2 Å². The van der Waals surface area contributed by atoms with E-state index in [1.165, 1.54) is 0 Å². The maximum absolute atomic E-state index is 10.1. The summed E-state index contributed by atoms with van der Waals surface area (Å²) in [6, 6.07) is 3.92. The third-order valence-electron chi connectivity index (χ3n) is 6.55. The summed E-state index contributed by atoms with van der Waals surface area (Å²) in [5.74, 6) is 1.75. The van der Waals surface area contributed by atoms with Gasteiger partial charge in [-0.2, -0.15) is 0 Å². The number of nitrogens with zero attached hydrogens (tertiary/aromatic N) is 5. The van der Waals surface area contributed by atoms with Gasteiger partial charge in [-0.3, -0.25) is 0 Å². The fourth-order valence-electron chi connectivity index (χ4n) is 4.78. The first-order chi connectivity index (χ1) is 14.5. The van der Waals surface area contributed by atoms with Crippen LogP contribution in [0.2, 0.25) is 0 Å². The van der Waals surface area contributed by atoms with Gasteiger partial charge in [0.15, 0.2) is 0 Å². The van der Waals surface area contributed by atoms with Gasteiger partial charge in [0.25, 0.3) is 0 Å². The van der Waals surface area contributed by atoms with Crippen LogP contribution in [0.1, 0.15) is 38.3 Å². The molecule has 5 rings (SSSR count). The SMILES string of the molecule is COc1nc(C(C)C)ccc1-c1cnc2sc(N3C[C@H]4CC[C@@H](O)[C@@H](N)[C@H]4C3)nn12. The van der Waals surface area contributed by atoms with Crippen LogP contribution in [0.5, 0.6) is 5.88 Å². The highest BCUT2D eigenvalue weighted by Crippen LogP contribution is 2.40. The molecule has 0 amide bonds. The number of rotatable bonds is 4. The molecule has 4 atom stereocenters. The van der Waals surface area contributed by atoms with Crippen LogP contribution < -0.4 is 15.4 Å². The smallest absolute Gasteiger partial charge is 0.222 e. The molecule has 1 saturated carbocycles. The molecule has 0 bridgehead atoms. The molecule has 1 aliphatic heterocycles. The number of hydrogen-bond acceptors (Lipinski definition) is 8. The van der Waals surface area contributed by atoms with Crippen LogP contribution >= 0.6 is 11.3 Å². The predicted octanol–water partition coefficient (Wildman–Crippen LogP) is 2.52. The normalized spacial score (nSPS) is 26.5. The summed E-state index contributed by atoms with van der Waals surface area (Å²) in [4.78, 5) is 12.4. The molecule has 8 nitrogen and oxygen atoms in total. The van der Waals surface area contributed by atoms with E-state index in [9.17, 15) is 5.11 Å². The van der Waals surface area contributed by atoms with Gasteiger partial charge in [0.05, 0.1) is 30.7 Å². The average molecular weight is 429 g/mol. The molecule has 3 N–H and O–H groups in total. The Morgan fingerprint density at radius 3 is 2.87 bits per heavy atom. The van der Waals surface area contributed by atoms with Gasteiger partial charge in [0.1, 0.15) is 0 Å². The molecule has 4 heterocycles. The van der Waals surface area contributed by atoms with Crippen LogP contribution in [0, 0.1) is 11.8 Å². The Morgan fingerprint density at radius 1 is 1.27 bits per heavy atom. The predicted molar refractivity (Wildman–Crippen MR) is 117 cm³/mol. The second-order valence-corrected chi connectivity index (χ2v) is 9.66. The summed E-state index contributed by atoms with van der Waals surface area (Å²) < 4.78 is 7.46. The van der Waals surface area contributed by atoms with E-state index in [1.54, 1.807) is 18.4 Å². The molecular weight excluding hydrogens is 400 g/mol. The number of aliphatic hydroxyl groups is 1. The minimum absolute atomic E-state index is 0.150. The molecule has 0 unspecified atom stereocenters. The first-order valence-electron chi connectivity index (χ1n) is 10.5. The second kappa shape index (κ2) is 7.47. The van der Waals surface area contributed by atoms with Crippen molar-refractivity contribution in [2.45, 2.75) is 44.8 Å². The van der Waals surface area contributed by atoms with Crippen molar-refractivity contribution in [1.82, 2.24) is 19.6 Å². The molecule has 30 heavy (non-hydrogen) atoms. The summed E-state index contributed by atoms with van der Waals surface area (Å²) in [5, 5.41) is 16.0. The van der Waals surface area contributed by atoms with Crippen molar-refractivity contribution >= 4 is 21.4 Å². The first kappa shape index (κ1) is 19.7. The Balaban J connectivity index is 1.47. The topological polar surface area (TPSA) is 102 Å². The van der Waals surface area contributed by atoms with Crippen molar-refractivity contribution in [3.8, 4) is 17.1 Å². The fourth-order valence-corrected chi connectivity index (χ4v) is 5.67. The number of imidazole rings is 1. The van der Waals surface area contributed by atoms with Crippen molar-refractivity contribution in [2.24, 2.45) is 17.6 Å². The lowest BCUT2D eigenvalue weighted by Gasteiger charge is -2.33. The highest BCUT2D eigenvalue weighted by Gasteiger charge is 2.43. The largest absolute Gasteiger partial charge is 0.480 e. The van der Waals surface area contributed by atoms with Crippen molar-refractivity contribution in [2.75, 3.05) is 25.1 Å². The number of aliphatic hydroxyl groups excluding tert-OH is 1. The van der Waals surface area contributed by atoms with Crippen molar-refractivity contribution in [1.29, 1.82) is 0 Å². The van der Waals surface area contributed by atoms with Crippen LogP contribution in [0.4, 0.5) is 5.13 Å². The van der Waals surface area contributed by atoms with Gasteiger partial charge < -0.3 is 20.5 Å². The summed E-state index contributed by atoms with van der Waals surface area (Å²) in [5.41, 5.74) is 9.04. The van der Waals surface area contributed by atoms with E-state index in [0.29, 0.717) is 23.6 Å². The van der Waals surface area contributed by atoms with E-state index >= 15 is 0 Å². The Hall–Kier alpha value is -2.23. The van der Waals surface area contributed by atoms with Gasteiger partial charge in [0, 0.05) is 24.8 Å². The minimum Gasteiger partial charge on any atom is -0.480 e. The van der Waals surface area contributed by atoms with E-state index in [0.717, 1.165) is 53.0 Å². The molecule has 3 aromatic heterocycles. The monoisotopic (exact) mass is 428 g/mol. The van der Waals surface area contributed by atoms with Crippen LogP contribution in [-0.2, 0) is 0 Å². The summed E-state index contributed by atoms with van der Waals surface area (Å²) >= 11 is 1.58. The third-order valence-corrected chi connectivity index (χ3v) is 7.53. The molecule has 9 heteroatoms. The summed E-state index contributed by atoms with van der Waals surface area (Å²) in [6.45, 7) is 6.00. The fraction of sp³-hybridized carbons (Fsp3) is 0.571. The second-order valence-electron chi connectivity index (χ2n) is 8.72. The van der Waals surface area contributed by atoms with Crippen molar-refractivity contribution in [3.63, 3.8) is 0 Å².